The summed E-state index contributed by atoms with van der Waals surface area (Å²) in [5.41, 5.74) is 3.43. The van der Waals surface area contributed by atoms with E-state index in [4.69, 9.17) is 4.74 Å². The average molecular weight is 425 g/mol. The molecule has 1 saturated carbocycles. The average Bonchev–Trinajstić information content (AvgIpc) is 3.21. The lowest BCUT2D eigenvalue weighted by molar-refractivity contribution is 0.0739. The Balaban J connectivity index is 1.70. The van der Waals surface area contributed by atoms with Gasteiger partial charge in [0.25, 0.3) is 5.91 Å². The molecular weight excluding hydrogens is 395 g/mol. The topological polar surface area (TPSA) is 79.0 Å². The highest BCUT2D eigenvalue weighted by atomic mass is 19.1. The fourth-order valence-corrected chi connectivity index (χ4v) is 4.16. The number of hydrogen-bond acceptors (Lipinski definition) is 4. The zero-order valence-electron chi connectivity index (χ0n) is 18.0. The summed E-state index contributed by atoms with van der Waals surface area (Å²) in [6.07, 6.45) is 7.27. The van der Waals surface area contributed by atoms with Crippen LogP contribution in [0.15, 0.2) is 36.5 Å². The van der Waals surface area contributed by atoms with E-state index >= 15 is 0 Å². The molecule has 1 unspecified atom stereocenters. The summed E-state index contributed by atoms with van der Waals surface area (Å²) in [6, 6.07) is 8.08. The van der Waals surface area contributed by atoms with E-state index in [1.165, 1.54) is 31.4 Å². The number of nitrogens with one attached hydrogen (secondary N) is 3. The van der Waals surface area contributed by atoms with Gasteiger partial charge in [0.2, 0.25) is 0 Å². The summed E-state index contributed by atoms with van der Waals surface area (Å²) in [4.78, 5) is 21.0. The maximum atomic E-state index is 13.2. The first-order valence-electron chi connectivity index (χ1n) is 11.0. The molecule has 1 fully saturated rings. The van der Waals surface area contributed by atoms with Gasteiger partial charge in [-0.15, -0.1) is 0 Å². The largest absolute Gasteiger partial charge is 0.381 e. The number of amides is 1. The molecule has 3 N–H and O–H groups in total. The van der Waals surface area contributed by atoms with Crippen LogP contribution in [-0.4, -0.2) is 28.5 Å². The molecule has 164 valence electrons. The van der Waals surface area contributed by atoms with Gasteiger partial charge in [0.15, 0.2) is 0 Å². The van der Waals surface area contributed by atoms with Crippen LogP contribution in [0.5, 0.6) is 0 Å². The van der Waals surface area contributed by atoms with Crippen molar-refractivity contribution in [2.24, 2.45) is 0 Å². The second-order valence-corrected chi connectivity index (χ2v) is 8.07. The summed E-state index contributed by atoms with van der Waals surface area (Å²) in [5.74, 6) is -0.621. The molecule has 3 aromatic rings. The molecule has 2 aromatic heterocycles. The minimum absolute atomic E-state index is 0.0989. The van der Waals surface area contributed by atoms with Gasteiger partial charge in [-0.25, -0.2) is 9.37 Å². The summed E-state index contributed by atoms with van der Waals surface area (Å²) in [7, 11) is 0. The number of anilines is 2. The predicted molar refractivity (Wildman–Crippen MR) is 121 cm³/mol. The highest BCUT2D eigenvalue weighted by Gasteiger charge is 2.22. The van der Waals surface area contributed by atoms with Gasteiger partial charge in [-0.05, 0) is 57.0 Å². The third-order valence-electron chi connectivity index (χ3n) is 5.83. The van der Waals surface area contributed by atoms with Gasteiger partial charge in [-0.3, -0.25) is 4.79 Å². The zero-order chi connectivity index (χ0) is 21.8. The predicted octanol–water partition coefficient (Wildman–Crippen LogP) is 5.80. The lowest BCUT2D eigenvalue weighted by Crippen LogP contribution is -2.24. The van der Waals surface area contributed by atoms with Crippen LogP contribution in [0.2, 0.25) is 0 Å². The van der Waals surface area contributed by atoms with Crippen LogP contribution in [0, 0.1) is 5.82 Å². The molecule has 1 amide bonds. The van der Waals surface area contributed by atoms with Crippen molar-refractivity contribution in [1.29, 1.82) is 0 Å². The second kappa shape index (κ2) is 9.47. The van der Waals surface area contributed by atoms with Crippen molar-refractivity contribution in [3.8, 4) is 0 Å². The van der Waals surface area contributed by atoms with Gasteiger partial charge >= 0.3 is 0 Å². The molecule has 0 bridgehead atoms. The Hall–Kier alpha value is -2.93. The van der Waals surface area contributed by atoms with E-state index in [0.29, 0.717) is 23.9 Å². The van der Waals surface area contributed by atoms with Crippen LogP contribution < -0.4 is 10.6 Å². The first-order valence-corrected chi connectivity index (χ1v) is 11.0. The number of nitrogens with zero attached hydrogens (tertiary/aromatic N) is 1. The van der Waals surface area contributed by atoms with Crippen LogP contribution >= 0.6 is 0 Å². The Labute approximate surface area is 181 Å². The second-order valence-electron chi connectivity index (χ2n) is 8.07. The Morgan fingerprint density at radius 2 is 2.00 bits per heavy atom. The van der Waals surface area contributed by atoms with Crippen molar-refractivity contribution in [2.75, 3.05) is 17.2 Å². The molecule has 31 heavy (non-hydrogen) atoms. The molecule has 1 aliphatic rings. The fourth-order valence-electron chi connectivity index (χ4n) is 4.16. The summed E-state index contributed by atoms with van der Waals surface area (Å²) in [5, 5.41) is 7.36. The Morgan fingerprint density at radius 3 is 2.71 bits per heavy atom. The minimum atomic E-state index is -0.344. The summed E-state index contributed by atoms with van der Waals surface area (Å²) in [6.45, 7) is 4.57. The number of rotatable bonds is 7. The SMILES string of the molecule is CCOC(C)c1cc2c(NC3CCCCC3)c(C(=O)Nc3ccc(F)cc3)cnc2[nH]1. The lowest BCUT2D eigenvalue weighted by Gasteiger charge is -2.25. The molecule has 6 nitrogen and oxygen atoms in total. The standard InChI is InChI=1S/C24H29FN4O2/c1-3-31-15(2)21-13-19-22(27-17-7-5-4-6-8-17)20(14-26-23(19)29-21)24(30)28-18-11-9-16(25)10-12-18/h9-15,17H,3-8H2,1-2H3,(H,28,30)(H2,26,27,29). The molecule has 0 saturated heterocycles. The van der Waals surface area contributed by atoms with Crippen molar-refractivity contribution >= 4 is 28.3 Å². The highest BCUT2D eigenvalue weighted by molar-refractivity contribution is 6.12. The molecule has 2 heterocycles. The number of ether oxygens (including phenoxy) is 1. The number of aromatic amines is 1. The van der Waals surface area contributed by atoms with Gasteiger partial charge < -0.3 is 20.4 Å². The van der Waals surface area contributed by atoms with Crippen molar-refractivity contribution in [2.45, 2.75) is 58.1 Å². The Morgan fingerprint density at radius 1 is 1.26 bits per heavy atom. The summed E-state index contributed by atoms with van der Waals surface area (Å²) < 4.78 is 18.9. The number of fused-ring (bicyclic) bond motifs is 1. The lowest BCUT2D eigenvalue weighted by atomic mass is 9.95. The first kappa shape index (κ1) is 21.3. The van der Waals surface area contributed by atoms with E-state index in [1.807, 2.05) is 19.9 Å². The van der Waals surface area contributed by atoms with Crippen LogP contribution in [0.25, 0.3) is 11.0 Å². The van der Waals surface area contributed by atoms with Crippen molar-refractivity contribution in [3.05, 3.63) is 53.6 Å². The molecule has 1 aromatic carbocycles. The van der Waals surface area contributed by atoms with Gasteiger partial charge in [-0.2, -0.15) is 0 Å². The fraction of sp³-hybridized carbons (Fsp3) is 0.417. The van der Waals surface area contributed by atoms with Crippen LogP contribution in [0.4, 0.5) is 15.8 Å². The van der Waals surface area contributed by atoms with Gasteiger partial charge in [0, 0.05) is 35.6 Å². The quantitative estimate of drug-likeness (QED) is 0.448. The van der Waals surface area contributed by atoms with E-state index in [-0.39, 0.29) is 17.8 Å². The summed E-state index contributed by atoms with van der Waals surface area (Å²) >= 11 is 0. The maximum absolute atomic E-state index is 13.2. The Bertz CT molecular complexity index is 1040. The van der Waals surface area contributed by atoms with Crippen molar-refractivity contribution < 1.29 is 13.9 Å². The third-order valence-corrected chi connectivity index (χ3v) is 5.83. The van der Waals surface area contributed by atoms with Gasteiger partial charge in [0.1, 0.15) is 11.5 Å². The Kier molecular flexibility index (Phi) is 6.51. The molecule has 0 aliphatic heterocycles. The van der Waals surface area contributed by atoms with Gasteiger partial charge in [-0.1, -0.05) is 19.3 Å². The number of pyridine rings is 1. The van der Waals surface area contributed by atoms with Crippen LogP contribution in [-0.2, 0) is 4.74 Å². The first-order chi connectivity index (χ1) is 15.0. The normalized spacial score (nSPS) is 15.7. The number of carbonyl (C=O) groups is 1. The van der Waals surface area contributed by atoms with E-state index in [9.17, 15) is 9.18 Å². The zero-order valence-corrected chi connectivity index (χ0v) is 18.0. The number of hydrogen-bond donors (Lipinski definition) is 3. The number of halogens is 1. The molecule has 1 atom stereocenters. The van der Waals surface area contributed by atoms with Gasteiger partial charge in [0.05, 0.1) is 17.4 Å². The maximum Gasteiger partial charge on any atom is 0.259 e. The van der Waals surface area contributed by atoms with E-state index in [1.54, 1.807) is 18.3 Å². The monoisotopic (exact) mass is 424 g/mol. The molecule has 4 rings (SSSR count). The number of aromatic nitrogens is 2. The number of benzene rings is 1. The van der Waals surface area contributed by atoms with Crippen molar-refractivity contribution in [3.63, 3.8) is 0 Å². The van der Waals surface area contributed by atoms with Crippen molar-refractivity contribution in [1.82, 2.24) is 9.97 Å². The number of carbonyl (C=O) groups excluding carboxylic acids is 1. The van der Waals surface area contributed by atoms with E-state index in [0.717, 1.165) is 35.3 Å². The number of H-pyrrole nitrogens is 1. The van der Waals surface area contributed by atoms with E-state index in [2.05, 4.69) is 20.6 Å². The molecule has 0 spiro atoms. The van der Waals surface area contributed by atoms with Crippen LogP contribution in [0.3, 0.4) is 0 Å². The smallest absolute Gasteiger partial charge is 0.259 e. The van der Waals surface area contributed by atoms with Crippen LogP contribution in [0.1, 0.15) is 68.1 Å². The third kappa shape index (κ3) is 4.88. The molecule has 0 radical (unpaired) electrons. The molecule has 7 heteroatoms. The molecular formula is C24H29FN4O2. The minimum Gasteiger partial charge on any atom is -0.381 e. The van der Waals surface area contributed by atoms with E-state index < -0.39 is 0 Å². The molecule has 1 aliphatic carbocycles. The highest BCUT2D eigenvalue weighted by Crippen LogP contribution is 2.32.